The molecule has 2 rings (SSSR count). The molecular formula is C13H19NO. The third kappa shape index (κ3) is 2.14. The lowest BCUT2D eigenvalue weighted by atomic mass is 10.0. The summed E-state index contributed by atoms with van der Waals surface area (Å²) in [5.74, 6) is 1.35. The Hall–Kier alpha value is -1.05. The van der Waals surface area contributed by atoms with Crippen LogP contribution in [-0.4, -0.2) is 11.1 Å². The molecule has 1 unspecified atom stereocenters. The zero-order chi connectivity index (χ0) is 10.8. The second-order valence-corrected chi connectivity index (χ2v) is 4.54. The number of hydrogen-bond donors (Lipinski definition) is 0. The van der Waals surface area contributed by atoms with Gasteiger partial charge in [0, 0.05) is 11.3 Å². The maximum atomic E-state index is 5.86. The lowest BCUT2D eigenvalue weighted by molar-refractivity contribution is 0.161. The number of rotatable bonds is 2. The van der Waals surface area contributed by atoms with Gasteiger partial charge in [0.2, 0.25) is 5.88 Å². The van der Waals surface area contributed by atoms with Crippen molar-refractivity contribution in [3.63, 3.8) is 0 Å². The molecule has 0 aliphatic carbocycles. The molecular weight excluding hydrogens is 186 g/mol. The highest BCUT2D eigenvalue weighted by Gasteiger charge is 2.19. The third-order valence-electron chi connectivity index (χ3n) is 3.02. The number of aryl methyl sites for hydroxylation is 1. The Balaban J connectivity index is 2.26. The summed E-state index contributed by atoms with van der Waals surface area (Å²) in [6.45, 7) is 6.49. The Morgan fingerprint density at radius 1 is 1.47 bits per heavy atom. The number of fused-ring (bicyclic) bond motifs is 1. The van der Waals surface area contributed by atoms with Gasteiger partial charge in [-0.1, -0.05) is 26.8 Å². The Labute approximate surface area is 91.7 Å². The van der Waals surface area contributed by atoms with E-state index < -0.39 is 0 Å². The summed E-state index contributed by atoms with van der Waals surface area (Å²) in [5.41, 5.74) is 2.40. The predicted molar refractivity (Wildman–Crippen MR) is 61.4 cm³/mol. The molecule has 0 aromatic carbocycles. The first-order valence-electron chi connectivity index (χ1n) is 5.87. The van der Waals surface area contributed by atoms with Crippen molar-refractivity contribution >= 4 is 0 Å². The molecule has 82 valence electrons. The molecule has 2 nitrogen and oxygen atoms in total. The van der Waals surface area contributed by atoms with Crippen molar-refractivity contribution < 1.29 is 4.74 Å². The van der Waals surface area contributed by atoms with E-state index >= 15 is 0 Å². The highest BCUT2D eigenvalue weighted by Crippen LogP contribution is 2.28. The van der Waals surface area contributed by atoms with Crippen LogP contribution in [0.4, 0.5) is 0 Å². The van der Waals surface area contributed by atoms with E-state index in [9.17, 15) is 0 Å². The van der Waals surface area contributed by atoms with Crippen molar-refractivity contribution in [2.24, 2.45) is 0 Å². The molecule has 0 bridgehead atoms. The first-order valence-corrected chi connectivity index (χ1v) is 5.87. The molecule has 0 saturated carbocycles. The fourth-order valence-corrected chi connectivity index (χ4v) is 1.92. The van der Waals surface area contributed by atoms with E-state index in [1.165, 1.54) is 5.56 Å². The SMILES string of the molecule is CCC1CCc2ccc(C(C)C)nc2O1. The van der Waals surface area contributed by atoms with E-state index in [0.29, 0.717) is 12.0 Å². The van der Waals surface area contributed by atoms with E-state index in [1.807, 2.05) is 0 Å². The zero-order valence-corrected chi connectivity index (χ0v) is 9.79. The van der Waals surface area contributed by atoms with Gasteiger partial charge in [-0.25, -0.2) is 4.98 Å². The van der Waals surface area contributed by atoms with E-state index in [-0.39, 0.29) is 0 Å². The minimum absolute atomic E-state index is 0.368. The van der Waals surface area contributed by atoms with E-state index in [4.69, 9.17) is 4.74 Å². The first-order chi connectivity index (χ1) is 7.20. The molecule has 2 heteroatoms. The summed E-state index contributed by atoms with van der Waals surface area (Å²) in [7, 11) is 0. The van der Waals surface area contributed by atoms with Gasteiger partial charge < -0.3 is 4.74 Å². The van der Waals surface area contributed by atoms with Gasteiger partial charge >= 0.3 is 0 Å². The molecule has 1 atom stereocenters. The molecule has 1 aliphatic rings. The van der Waals surface area contributed by atoms with Crippen LogP contribution >= 0.6 is 0 Å². The average molecular weight is 205 g/mol. The van der Waals surface area contributed by atoms with E-state index in [2.05, 4.69) is 37.9 Å². The van der Waals surface area contributed by atoms with Gasteiger partial charge in [0.15, 0.2) is 0 Å². The number of pyridine rings is 1. The Kier molecular flexibility index (Phi) is 2.94. The van der Waals surface area contributed by atoms with Gasteiger partial charge in [-0.05, 0) is 31.2 Å². The molecule has 0 amide bonds. The van der Waals surface area contributed by atoms with E-state index in [0.717, 1.165) is 30.8 Å². The van der Waals surface area contributed by atoms with Gasteiger partial charge in [0.25, 0.3) is 0 Å². The molecule has 2 heterocycles. The number of nitrogens with zero attached hydrogens (tertiary/aromatic N) is 1. The van der Waals surface area contributed by atoms with Crippen LogP contribution < -0.4 is 4.74 Å². The molecule has 0 saturated heterocycles. The Morgan fingerprint density at radius 3 is 2.93 bits per heavy atom. The second kappa shape index (κ2) is 4.21. The normalized spacial score (nSPS) is 19.9. The predicted octanol–water partition coefficient (Wildman–Crippen LogP) is 3.31. The monoisotopic (exact) mass is 205 g/mol. The fourth-order valence-electron chi connectivity index (χ4n) is 1.92. The van der Waals surface area contributed by atoms with Crippen LogP contribution in [0.2, 0.25) is 0 Å². The molecule has 1 aromatic heterocycles. The van der Waals surface area contributed by atoms with Crippen LogP contribution in [0.1, 0.15) is 50.8 Å². The largest absolute Gasteiger partial charge is 0.474 e. The van der Waals surface area contributed by atoms with Crippen molar-refractivity contribution in [2.45, 2.75) is 52.1 Å². The summed E-state index contributed by atoms with van der Waals surface area (Å²) in [6, 6.07) is 4.29. The Morgan fingerprint density at radius 2 is 2.27 bits per heavy atom. The van der Waals surface area contributed by atoms with Gasteiger partial charge in [-0.15, -0.1) is 0 Å². The summed E-state index contributed by atoms with van der Waals surface area (Å²) < 4.78 is 5.86. The van der Waals surface area contributed by atoms with Crippen LogP contribution in [0.5, 0.6) is 5.88 Å². The average Bonchev–Trinajstić information content (AvgIpc) is 2.27. The van der Waals surface area contributed by atoms with Crippen molar-refractivity contribution in [1.82, 2.24) is 4.98 Å². The van der Waals surface area contributed by atoms with Gasteiger partial charge in [0.1, 0.15) is 6.10 Å². The van der Waals surface area contributed by atoms with Crippen molar-refractivity contribution in [2.75, 3.05) is 0 Å². The third-order valence-corrected chi connectivity index (χ3v) is 3.02. The minimum atomic E-state index is 0.368. The molecule has 1 aliphatic heterocycles. The molecule has 0 N–H and O–H groups in total. The number of hydrogen-bond acceptors (Lipinski definition) is 2. The standard InChI is InChI=1S/C13H19NO/c1-4-11-7-5-10-6-8-12(9(2)3)14-13(10)15-11/h6,8-9,11H,4-5,7H2,1-3H3. The van der Waals surface area contributed by atoms with Crippen molar-refractivity contribution in [3.8, 4) is 5.88 Å². The van der Waals surface area contributed by atoms with Crippen LogP contribution in [0, 0.1) is 0 Å². The summed E-state index contributed by atoms with van der Waals surface area (Å²) >= 11 is 0. The summed E-state index contributed by atoms with van der Waals surface area (Å²) in [4.78, 5) is 4.59. The lowest BCUT2D eigenvalue weighted by Gasteiger charge is -2.24. The maximum absolute atomic E-state index is 5.86. The highest BCUT2D eigenvalue weighted by atomic mass is 16.5. The molecule has 0 fully saturated rings. The zero-order valence-electron chi connectivity index (χ0n) is 9.79. The highest BCUT2D eigenvalue weighted by molar-refractivity contribution is 5.31. The van der Waals surface area contributed by atoms with Crippen molar-refractivity contribution in [3.05, 3.63) is 23.4 Å². The van der Waals surface area contributed by atoms with Crippen molar-refractivity contribution in [1.29, 1.82) is 0 Å². The van der Waals surface area contributed by atoms with Crippen LogP contribution in [-0.2, 0) is 6.42 Å². The summed E-state index contributed by atoms with van der Waals surface area (Å²) in [5, 5.41) is 0. The van der Waals surface area contributed by atoms with Gasteiger partial charge in [0.05, 0.1) is 0 Å². The van der Waals surface area contributed by atoms with Crippen LogP contribution in [0.25, 0.3) is 0 Å². The number of aromatic nitrogens is 1. The quantitative estimate of drug-likeness (QED) is 0.739. The lowest BCUT2D eigenvalue weighted by Crippen LogP contribution is -2.22. The van der Waals surface area contributed by atoms with Crippen LogP contribution in [0.3, 0.4) is 0 Å². The van der Waals surface area contributed by atoms with Gasteiger partial charge in [-0.2, -0.15) is 0 Å². The van der Waals surface area contributed by atoms with Crippen LogP contribution in [0.15, 0.2) is 12.1 Å². The smallest absolute Gasteiger partial charge is 0.217 e. The maximum Gasteiger partial charge on any atom is 0.217 e. The molecule has 1 aromatic rings. The molecule has 15 heavy (non-hydrogen) atoms. The molecule has 0 spiro atoms. The van der Waals surface area contributed by atoms with E-state index in [1.54, 1.807) is 0 Å². The topological polar surface area (TPSA) is 22.1 Å². The molecule has 0 radical (unpaired) electrons. The van der Waals surface area contributed by atoms with Gasteiger partial charge in [-0.3, -0.25) is 0 Å². The minimum Gasteiger partial charge on any atom is -0.474 e. The Bertz CT molecular complexity index is 346. The second-order valence-electron chi connectivity index (χ2n) is 4.54. The fraction of sp³-hybridized carbons (Fsp3) is 0.615. The summed E-state index contributed by atoms with van der Waals surface area (Å²) in [6.07, 6.45) is 3.69. The first kappa shape index (κ1) is 10.5. The number of ether oxygens (including phenoxy) is 1.